The zero-order chi connectivity index (χ0) is 57.1. The Morgan fingerprint density at radius 3 is 1.59 bits per heavy atom. The van der Waals surface area contributed by atoms with Crippen LogP contribution in [0.1, 0.15) is 147 Å². The SMILES string of the molecule is C.C#CCOc1cccc2c1C(=O)N(C1CC3(CC3)C(=O)N(C(=O)OC(C)(C)C)C1=O)C2=O.CC(C)(C)OC(=O)N1C(=O)C(N2C(=O)c3cccc(OCc4cn(CCCO)nn4)c3C2=O)CC2(CC2)C1=O.[N-]=[N+]=NCCCO. The van der Waals surface area contributed by atoms with Crippen LogP contribution in [0, 0.1) is 23.2 Å². The molecule has 2 saturated heterocycles. The number of amides is 10. The van der Waals surface area contributed by atoms with E-state index in [0.717, 1.165) is 9.80 Å². The number of carbonyl (C=O) groups is 10. The lowest BCUT2D eigenvalue weighted by Crippen LogP contribution is -2.61. The lowest BCUT2D eigenvalue weighted by molar-refractivity contribution is -0.156. The molecule has 1 aromatic heterocycles. The van der Waals surface area contributed by atoms with E-state index >= 15 is 0 Å². The monoisotopic (exact) mass is 1090 g/mol. The maximum Gasteiger partial charge on any atom is 0.424 e. The molecule has 6 aliphatic rings. The Balaban J connectivity index is 0.000000228. The second-order valence-electron chi connectivity index (χ2n) is 21.1. The molecule has 3 aromatic rings. The van der Waals surface area contributed by atoms with Crippen LogP contribution in [-0.4, -0.2) is 154 Å². The number of hydrogen-bond donors (Lipinski definition) is 2. The molecule has 4 aliphatic heterocycles. The van der Waals surface area contributed by atoms with Gasteiger partial charge in [-0.05, 0) is 123 Å². The fourth-order valence-electron chi connectivity index (χ4n) is 9.12. The predicted octanol–water partition coefficient (Wildman–Crippen LogP) is 5.13. The highest BCUT2D eigenvalue weighted by Crippen LogP contribution is 2.56. The van der Waals surface area contributed by atoms with Crippen LogP contribution >= 0.6 is 0 Å². The summed E-state index contributed by atoms with van der Waals surface area (Å²) in [7, 11) is 0. The number of azide groups is 1. The number of aromatic nitrogens is 3. The molecule has 0 bridgehead atoms. The molecule has 2 saturated carbocycles. The van der Waals surface area contributed by atoms with Crippen molar-refractivity contribution in [3.8, 4) is 23.8 Å². The van der Waals surface area contributed by atoms with Gasteiger partial charge in [-0.2, -0.15) is 9.80 Å². The standard InChI is InChI=1S/C26H29N5O8.C23H22N2O7.C3H7N3O.CH4/c1-25(2,3)39-24(37)31-21(34)17(12-26(8-9-26)23(31)36)30-20(33)16-6-4-7-18(19(16)22(30)35)38-14-15-13-29(28-27-15)10-5-11-32;1-5-11-31-15-8-6-7-13-16(15)19(28)24(17(13)26)14-12-23(9-10-23)20(29)25(18(14)27)21(30)32-22(2,3)4;4-6-5-2-1-3-7;/h4,6-7,13,17,32H,5,8-12,14H2,1-3H3;1,6-8,14H,9-12H2,2-4H3;7H,1-3H2;1H4. The number of terminal acetylenes is 1. The number of aliphatic hydroxyl groups is 2. The van der Waals surface area contributed by atoms with Crippen molar-refractivity contribution in [1.29, 1.82) is 0 Å². The van der Waals surface area contributed by atoms with E-state index in [1.165, 1.54) is 24.3 Å². The van der Waals surface area contributed by atoms with Gasteiger partial charge in [-0.15, -0.1) is 11.5 Å². The van der Waals surface area contributed by atoms with E-state index < -0.39 is 93.6 Å². The zero-order valence-corrected chi connectivity index (χ0v) is 43.8. The number of likely N-dealkylation sites (tertiary alicyclic amines) is 2. The van der Waals surface area contributed by atoms with Gasteiger partial charge in [0.2, 0.25) is 11.8 Å². The first-order valence-corrected chi connectivity index (χ1v) is 24.9. The molecule has 79 heavy (non-hydrogen) atoms. The number of aryl methyl sites for hydroxylation is 1. The Morgan fingerprint density at radius 2 is 1.19 bits per heavy atom. The van der Waals surface area contributed by atoms with Gasteiger partial charge in [-0.1, -0.05) is 35.8 Å². The summed E-state index contributed by atoms with van der Waals surface area (Å²) in [5.74, 6) is -3.56. The molecule has 2 unspecified atom stereocenters. The van der Waals surface area contributed by atoms with Crippen molar-refractivity contribution in [2.24, 2.45) is 15.9 Å². The number of ether oxygens (including phenoxy) is 4. The number of hydrogen-bond acceptors (Lipinski definition) is 19. The molecule has 2 aliphatic carbocycles. The summed E-state index contributed by atoms with van der Waals surface area (Å²) in [5, 5.41) is 28.2. The minimum Gasteiger partial charge on any atom is -0.486 e. The fourth-order valence-corrected chi connectivity index (χ4v) is 9.12. The number of carbonyl (C=O) groups excluding carboxylic acids is 10. The van der Waals surface area contributed by atoms with Crippen molar-refractivity contribution in [2.45, 2.75) is 137 Å². The summed E-state index contributed by atoms with van der Waals surface area (Å²) in [4.78, 5) is 137. The third kappa shape index (κ3) is 12.4. The number of aliphatic hydroxyl groups excluding tert-OH is 2. The van der Waals surface area contributed by atoms with Gasteiger partial charge in [0.05, 0.1) is 39.3 Å². The summed E-state index contributed by atoms with van der Waals surface area (Å²) in [6.07, 6.45) is 7.40. The van der Waals surface area contributed by atoms with E-state index in [1.807, 2.05) is 0 Å². The molecule has 26 nitrogen and oxygen atoms in total. The van der Waals surface area contributed by atoms with Crippen molar-refractivity contribution >= 4 is 59.4 Å². The minimum absolute atomic E-state index is 0. The Bertz CT molecular complexity index is 3060. The first kappa shape index (κ1) is 59.7. The Hall–Kier alpha value is -8.53. The van der Waals surface area contributed by atoms with Crippen molar-refractivity contribution in [1.82, 2.24) is 34.6 Å². The van der Waals surface area contributed by atoms with Crippen LogP contribution in [0.5, 0.6) is 11.5 Å². The molecular weight excluding hydrogens is 1030 g/mol. The molecule has 4 fully saturated rings. The van der Waals surface area contributed by atoms with Crippen LogP contribution in [0.3, 0.4) is 0 Å². The second-order valence-corrected chi connectivity index (χ2v) is 21.1. The Kier molecular flexibility index (Phi) is 17.8. The Morgan fingerprint density at radius 1 is 0.734 bits per heavy atom. The maximum absolute atomic E-state index is 13.6. The lowest BCUT2D eigenvalue weighted by Gasteiger charge is -2.38. The van der Waals surface area contributed by atoms with Gasteiger partial charge in [0, 0.05) is 31.2 Å². The molecular formula is C53H62N10O16. The van der Waals surface area contributed by atoms with Crippen molar-refractivity contribution in [3.63, 3.8) is 0 Å². The topological polar surface area (TPSA) is 341 Å². The molecule has 10 amide bonds. The number of piperidine rings is 2. The van der Waals surface area contributed by atoms with Crippen molar-refractivity contribution in [2.75, 3.05) is 26.4 Å². The van der Waals surface area contributed by atoms with Crippen LogP contribution < -0.4 is 9.47 Å². The molecule has 9 rings (SSSR count). The highest BCUT2D eigenvalue weighted by Gasteiger charge is 2.65. The van der Waals surface area contributed by atoms with Gasteiger partial charge in [-0.3, -0.25) is 52.8 Å². The molecule has 5 heterocycles. The van der Waals surface area contributed by atoms with E-state index in [4.69, 9.17) is 41.1 Å². The average molecular weight is 1100 g/mol. The van der Waals surface area contributed by atoms with E-state index in [2.05, 4.69) is 26.3 Å². The van der Waals surface area contributed by atoms with Crippen LogP contribution in [-0.2, 0) is 41.8 Å². The first-order valence-electron chi connectivity index (χ1n) is 24.9. The van der Waals surface area contributed by atoms with E-state index in [9.17, 15) is 47.9 Å². The van der Waals surface area contributed by atoms with Gasteiger partial charge in [0.25, 0.3) is 35.4 Å². The molecule has 0 radical (unpaired) electrons. The molecule has 2 spiro atoms. The van der Waals surface area contributed by atoms with Crippen molar-refractivity contribution in [3.05, 3.63) is 81.0 Å². The number of imide groups is 8. The van der Waals surface area contributed by atoms with E-state index in [1.54, 1.807) is 64.6 Å². The summed E-state index contributed by atoms with van der Waals surface area (Å²) in [5.41, 5.74) is 4.41. The van der Waals surface area contributed by atoms with Gasteiger partial charge >= 0.3 is 12.2 Å². The maximum atomic E-state index is 13.6. The molecule has 420 valence electrons. The normalized spacial score (nSPS) is 19.3. The number of benzene rings is 2. The van der Waals surface area contributed by atoms with Crippen molar-refractivity contribution < 1.29 is 77.1 Å². The third-order valence-corrected chi connectivity index (χ3v) is 13.1. The van der Waals surface area contributed by atoms with E-state index in [0.29, 0.717) is 67.1 Å². The van der Waals surface area contributed by atoms with Crippen LogP contribution in [0.25, 0.3) is 10.4 Å². The Labute approximate surface area is 453 Å². The number of nitrogens with zero attached hydrogens (tertiary/aromatic N) is 10. The van der Waals surface area contributed by atoms with Gasteiger partial charge in [0.15, 0.2) is 0 Å². The van der Waals surface area contributed by atoms with E-state index in [-0.39, 0.29) is 80.4 Å². The minimum atomic E-state index is -1.34. The predicted molar refractivity (Wildman–Crippen MR) is 273 cm³/mol. The zero-order valence-electron chi connectivity index (χ0n) is 43.8. The highest BCUT2D eigenvalue weighted by atomic mass is 16.6. The average Bonchev–Trinajstić information content (AvgIpc) is 4.40. The summed E-state index contributed by atoms with van der Waals surface area (Å²) < 4.78 is 23.3. The summed E-state index contributed by atoms with van der Waals surface area (Å²) in [6.45, 7) is 10.5. The summed E-state index contributed by atoms with van der Waals surface area (Å²) in [6, 6.07) is 6.40. The number of fused-ring (bicyclic) bond motifs is 2. The van der Waals surface area contributed by atoms with Gasteiger partial charge in [-0.25, -0.2) is 9.59 Å². The lowest BCUT2D eigenvalue weighted by atomic mass is 9.89. The molecule has 2 N–H and O–H groups in total. The quantitative estimate of drug-likeness (QED) is 0.0559. The fraction of sp³-hybridized carbons (Fsp3) is 0.509. The molecule has 26 heteroatoms. The smallest absolute Gasteiger partial charge is 0.424 e. The number of rotatable bonds is 13. The van der Waals surface area contributed by atoms with Crippen LogP contribution in [0.4, 0.5) is 9.59 Å². The molecule has 2 atom stereocenters. The third-order valence-electron chi connectivity index (χ3n) is 13.1. The van der Waals surface area contributed by atoms with Gasteiger partial charge in [0.1, 0.15) is 53.7 Å². The van der Waals surface area contributed by atoms with Gasteiger partial charge < -0.3 is 29.2 Å². The molecule has 2 aromatic carbocycles. The first-order chi connectivity index (χ1) is 36.9. The summed E-state index contributed by atoms with van der Waals surface area (Å²) >= 11 is 0. The largest absolute Gasteiger partial charge is 0.486 e. The highest BCUT2D eigenvalue weighted by molar-refractivity contribution is 6.27. The second kappa shape index (κ2) is 23.6. The van der Waals surface area contributed by atoms with Crippen LogP contribution in [0.2, 0.25) is 0 Å². The van der Waals surface area contributed by atoms with Crippen LogP contribution in [0.15, 0.2) is 47.7 Å².